The molecule has 0 bridgehead atoms. The summed E-state index contributed by atoms with van der Waals surface area (Å²) >= 11 is 0. The van der Waals surface area contributed by atoms with Crippen LogP contribution in [0.4, 0.5) is 0 Å². The van der Waals surface area contributed by atoms with Crippen LogP contribution in [0.5, 0.6) is 0 Å². The highest BCUT2D eigenvalue weighted by Gasteiger charge is 2.25. The van der Waals surface area contributed by atoms with Gasteiger partial charge in [-0.05, 0) is 25.3 Å². The lowest BCUT2D eigenvalue weighted by molar-refractivity contribution is 0.0387. The van der Waals surface area contributed by atoms with E-state index in [0.29, 0.717) is 35.7 Å². The third kappa shape index (κ3) is 5.07. The number of methoxy groups -OCH3 is 2. The molecule has 136 valence electrons. The Bertz CT molecular complexity index is 566. The van der Waals surface area contributed by atoms with Crippen LogP contribution in [0, 0.1) is 19.8 Å². The van der Waals surface area contributed by atoms with E-state index in [0.717, 1.165) is 0 Å². The fraction of sp³-hybridized carbons (Fsp3) is 0.647. The molecule has 7 heteroatoms. The third-order valence-electron chi connectivity index (χ3n) is 3.86. The molecule has 1 heterocycles. The lowest BCUT2D eigenvalue weighted by Gasteiger charge is -2.21. The minimum absolute atomic E-state index is 0.109. The van der Waals surface area contributed by atoms with Crippen molar-refractivity contribution in [3.05, 3.63) is 22.5 Å². The van der Waals surface area contributed by atoms with Gasteiger partial charge in [-0.3, -0.25) is 4.79 Å². The molecule has 0 saturated heterocycles. The number of hydrogen-bond donors (Lipinski definition) is 2. The second-order valence-corrected chi connectivity index (χ2v) is 6.03. The van der Waals surface area contributed by atoms with Crippen molar-refractivity contribution in [2.24, 2.45) is 5.92 Å². The summed E-state index contributed by atoms with van der Waals surface area (Å²) < 4.78 is 15.1. The second kappa shape index (κ2) is 9.44. The lowest BCUT2D eigenvalue weighted by atomic mass is 10.0. The molecule has 0 saturated carbocycles. The number of amides is 1. The van der Waals surface area contributed by atoms with E-state index < -0.39 is 5.97 Å². The molecule has 0 unspecified atom stereocenters. The summed E-state index contributed by atoms with van der Waals surface area (Å²) in [4.78, 5) is 27.7. The van der Waals surface area contributed by atoms with Crippen LogP contribution >= 0.6 is 0 Å². The first-order valence-corrected chi connectivity index (χ1v) is 7.98. The fourth-order valence-electron chi connectivity index (χ4n) is 2.39. The zero-order chi connectivity index (χ0) is 18.3. The smallest absolute Gasteiger partial charge is 0.340 e. The Balaban J connectivity index is 2.91. The monoisotopic (exact) mass is 340 g/mol. The third-order valence-corrected chi connectivity index (χ3v) is 3.86. The molecule has 0 aliphatic heterocycles. The number of nitrogens with one attached hydrogen (secondary N) is 2. The van der Waals surface area contributed by atoms with E-state index in [1.165, 1.54) is 7.11 Å². The van der Waals surface area contributed by atoms with E-state index in [1.54, 1.807) is 21.0 Å². The van der Waals surface area contributed by atoms with Crippen LogP contribution in [0.25, 0.3) is 0 Å². The molecular weight excluding hydrogens is 312 g/mol. The molecule has 1 amide bonds. The van der Waals surface area contributed by atoms with E-state index in [2.05, 4.69) is 10.3 Å². The first-order chi connectivity index (χ1) is 11.3. The Hall–Kier alpha value is -1.86. The number of carbonyl (C=O) groups is 2. The summed E-state index contributed by atoms with van der Waals surface area (Å²) in [5, 5.41) is 2.94. The quantitative estimate of drug-likeness (QED) is 0.529. The molecule has 1 atom stereocenters. The summed E-state index contributed by atoms with van der Waals surface area (Å²) in [6.07, 6.45) is 0. The van der Waals surface area contributed by atoms with Gasteiger partial charge in [-0.25, -0.2) is 4.79 Å². The molecule has 0 aromatic carbocycles. The first-order valence-electron chi connectivity index (χ1n) is 7.98. The van der Waals surface area contributed by atoms with E-state index in [4.69, 9.17) is 14.2 Å². The predicted molar refractivity (Wildman–Crippen MR) is 90.4 cm³/mol. The second-order valence-electron chi connectivity index (χ2n) is 6.03. The first kappa shape index (κ1) is 20.2. The Morgan fingerprint density at radius 3 is 2.33 bits per heavy atom. The minimum Gasteiger partial charge on any atom is -0.460 e. The van der Waals surface area contributed by atoms with Crippen LogP contribution in [0.3, 0.4) is 0 Å². The van der Waals surface area contributed by atoms with Gasteiger partial charge in [-0.15, -0.1) is 0 Å². The van der Waals surface area contributed by atoms with E-state index in [9.17, 15) is 9.59 Å². The van der Waals surface area contributed by atoms with Gasteiger partial charge in [-0.2, -0.15) is 0 Å². The maximum atomic E-state index is 12.5. The average molecular weight is 340 g/mol. The van der Waals surface area contributed by atoms with Crippen LogP contribution in [0.15, 0.2) is 0 Å². The normalized spacial score (nSPS) is 12.3. The van der Waals surface area contributed by atoms with E-state index in [1.807, 2.05) is 13.8 Å². The lowest BCUT2D eigenvalue weighted by Crippen LogP contribution is -2.42. The Morgan fingerprint density at radius 1 is 1.12 bits per heavy atom. The van der Waals surface area contributed by atoms with Crippen molar-refractivity contribution in [1.82, 2.24) is 10.3 Å². The molecule has 1 rings (SSSR count). The molecule has 24 heavy (non-hydrogen) atoms. The number of aromatic amines is 1. The molecule has 0 radical (unpaired) electrons. The zero-order valence-corrected chi connectivity index (χ0v) is 15.3. The molecule has 0 fully saturated rings. The molecule has 1 aromatic rings. The van der Waals surface area contributed by atoms with Crippen LogP contribution in [-0.2, 0) is 14.2 Å². The summed E-state index contributed by atoms with van der Waals surface area (Å²) in [5.41, 5.74) is 1.94. The van der Waals surface area contributed by atoms with Crippen LogP contribution in [-0.4, -0.2) is 56.9 Å². The van der Waals surface area contributed by atoms with Crippen molar-refractivity contribution in [2.75, 3.05) is 34.0 Å². The number of carbonyl (C=O) groups excluding carboxylic acids is 2. The van der Waals surface area contributed by atoms with Crippen molar-refractivity contribution in [2.45, 2.75) is 33.7 Å². The van der Waals surface area contributed by atoms with Gasteiger partial charge < -0.3 is 24.5 Å². The minimum atomic E-state index is -0.463. The van der Waals surface area contributed by atoms with Gasteiger partial charge in [0.05, 0.1) is 24.8 Å². The number of hydrogen-bond acceptors (Lipinski definition) is 5. The van der Waals surface area contributed by atoms with Crippen molar-refractivity contribution in [3.63, 3.8) is 0 Å². The molecule has 2 N–H and O–H groups in total. The maximum Gasteiger partial charge on any atom is 0.340 e. The highest BCUT2D eigenvalue weighted by molar-refractivity contribution is 6.00. The van der Waals surface area contributed by atoms with Crippen molar-refractivity contribution in [1.29, 1.82) is 0 Å². The van der Waals surface area contributed by atoms with E-state index in [-0.39, 0.29) is 24.5 Å². The van der Waals surface area contributed by atoms with Crippen LogP contribution in [0.2, 0.25) is 0 Å². The maximum absolute atomic E-state index is 12.5. The topological polar surface area (TPSA) is 89.7 Å². The molecule has 0 aliphatic rings. The molecule has 0 aliphatic carbocycles. The van der Waals surface area contributed by atoms with Gasteiger partial charge in [-0.1, -0.05) is 13.8 Å². The van der Waals surface area contributed by atoms with Crippen molar-refractivity contribution < 1.29 is 23.8 Å². The van der Waals surface area contributed by atoms with Gasteiger partial charge >= 0.3 is 5.97 Å². The highest BCUT2D eigenvalue weighted by Crippen LogP contribution is 2.19. The molecule has 0 spiro atoms. The number of aryl methyl sites for hydroxylation is 1. The van der Waals surface area contributed by atoms with Crippen molar-refractivity contribution in [3.8, 4) is 0 Å². The van der Waals surface area contributed by atoms with Gasteiger partial charge in [0.1, 0.15) is 12.3 Å². The molecule has 1 aromatic heterocycles. The number of H-pyrrole nitrogens is 1. The van der Waals surface area contributed by atoms with E-state index >= 15 is 0 Å². The Morgan fingerprint density at radius 2 is 1.79 bits per heavy atom. The van der Waals surface area contributed by atoms with Crippen LogP contribution in [0.1, 0.15) is 46.0 Å². The number of ether oxygens (including phenoxy) is 3. The summed E-state index contributed by atoms with van der Waals surface area (Å²) in [7, 11) is 3.13. The number of esters is 1. The Labute approximate surface area is 143 Å². The SMILES string of the molecule is COCCOC(=O)c1c(C)[nH]c(C(=O)N[C@H](COC)C(C)C)c1C. The number of rotatable bonds is 9. The number of aromatic nitrogens is 1. The zero-order valence-electron chi connectivity index (χ0n) is 15.3. The summed E-state index contributed by atoms with van der Waals surface area (Å²) in [6, 6.07) is -0.109. The standard InChI is InChI=1S/C17H28N2O5/c1-10(2)13(9-23-6)19-16(20)15-11(3)14(12(4)18-15)17(21)24-8-7-22-5/h10,13,18H,7-9H2,1-6H3,(H,19,20)/t13-/m1/s1. The highest BCUT2D eigenvalue weighted by atomic mass is 16.6. The fourth-order valence-corrected chi connectivity index (χ4v) is 2.39. The average Bonchev–Trinajstić information content (AvgIpc) is 2.81. The molecule has 7 nitrogen and oxygen atoms in total. The van der Waals surface area contributed by atoms with Crippen LogP contribution < -0.4 is 5.32 Å². The summed E-state index contributed by atoms with van der Waals surface area (Å²) in [5.74, 6) is -0.499. The largest absolute Gasteiger partial charge is 0.460 e. The van der Waals surface area contributed by atoms with Gasteiger partial charge in [0.15, 0.2) is 0 Å². The molecular formula is C17H28N2O5. The Kier molecular flexibility index (Phi) is 7.94. The van der Waals surface area contributed by atoms with Gasteiger partial charge in [0.2, 0.25) is 0 Å². The van der Waals surface area contributed by atoms with Gasteiger partial charge in [0.25, 0.3) is 5.91 Å². The predicted octanol–water partition coefficient (Wildman–Crippen LogP) is 1.84. The van der Waals surface area contributed by atoms with Gasteiger partial charge in [0, 0.05) is 19.9 Å². The summed E-state index contributed by atoms with van der Waals surface area (Å²) in [6.45, 7) is 8.41. The van der Waals surface area contributed by atoms with Crippen molar-refractivity contribution >= 4 is 11.9 Å².